The van der Waals surface area contributed by atoms with E-state index in [9.17, 15) is 13.2 Å². The van der Waals surface area contributed by atoms with Crippen molar-refractivity contribution in [3.63, 3.8) is 0 Å². The molecular formula is C17H25N5O3S2. The Morgan fingerprint density at radius 3 is 2.63 bits per heavy atom. The van der Waals surface area contributed by atoms with Crippen LogP contribution in [0.4, 0.5) is 0 Å². The molecular weight excluding hydrogens is 386 g/mol. The summed E-state index contributed by atoms with van der Waals surface area (Å²) < 4.78 is 26.9. The molecule has 8 nitrogen and oxygen atoms in total. The van der Waals surface area contributed by atoms with E-state index in [0.29, 0.717) is 31.7 Å². The third kappa shape index (κ3) is 7.69. The fraction of sp³-hybridized carbons (Fsp3) is 0.471. The Morgan fingerprint density at radius 1 is 1.26 bits per heavy atom. The van der Waals surface area contributed by atoms with E-state index in [1.54, 1.807) is 24.3 Å². The lowest BCUT2D eigenvalue weighted by Crippen LogP contribution is -2.27. The highest BCUT2D eigenvalue weighted by atomic mass is 32.2. The lowest BCUT2D eigenvalue weighted by molar-refractivity contribution is -0.120. The van der Waals surface area contributed by atoms with Crippen LogP contribution in [0.3, 0.4) is 0 Å². The van der Waals surface area contributed by atoms with E-state index in [1.165, 1.54) is 18.1 Å². The highest BCUT2D eigenvalue weighted by molar-refractivity contribution is 7.99. The largest absolute Gasteiger partial charge is 0.355 e. The molecule has 0 spiro atoms. The molecule has 1 aromatic carbocycles. The average Bonchev–Trinajstić information content (AvgIpc) is 3.16. The normalized spacial score (nSPS) is 11.7. The van der Waals surface area contributed by atoms with Crippen LogP contribution in [0.1, 0.15) is 25.8 Å². The van der Waals surface area contributed by atoms with Crippen LogP contribution >= 0.6 is 11.8 Å². The Balaban J connectivity index is 1.71. The third-order valence-corrected chi connectivity index (χ3v) is 5.93. The maximum atomic E-state index is 12.2. The zero-order chi connectivity index (χ0) is 19.7. The van der Waals surface area contributed by atoms with Crippen LogP contribution in [0.15, 0.2) is 40.6 Å². The number of H-pyrrole nitrogens is 1. The molecule has 0 radical (unpaired) electrons. The van der Waals surface area contributed by atoms with Gasteiger partial charge in [-0.05, 0) is 30.0 Å². The smallest absolute Gasteiger partial charge is 0.240 e. The molecule has 2 rings (SSSR count). The second kappa shape index (κ2) is 10.4. The number of benzene rings is 1. The second-order valence-corrected chi connectivity index (χ2v) is 9.23. The first kappa shape index (κ1) is 21.4. The van der Waals surface area contributed by atoms with Crippen LogP contribution < -0.4 is 10.0 Å². The first-order chi connectivity index (χ1) is 12.9. The second-order valence-electron chi connectivity index (χ2n) is 6.38. The van der Waals surface area contributed by atoms with Gasteiger partial charge in [-0.15, -0.1) is 0 Å². The van der Waals surface area contributed by atoms with E-state index >= 15 is 0 Å². The predicted octanol–water partition coefficient (Wildman–Crippen LogP) is 1.58. The molecule has 10 heteroatoms. The molecule has 0 bridgehead atoms. The fourth-order valence-electron chi connectivity index (χ4n) is 2.14. The van der Waals surface area contributed by atoms with Crippen molar-refractivity contribution in [1.29, 1.82) is 0 Å². The van der Waals surface area contributed by atoms with Crippen LogP contribution in [0, 0.1) is 5.92 Å². The summed E-state index contributed by atoms with van der Waals surface area (Å²) in [6.45, 7) is 4.84. The summed E-state index contributed by atoms with van der Waals surface area (Å²) in [6, 6.07) is 6.64. The van der Waals surface area contributed by atoms with E-state index in [1.807, 2.05) is 13.8 Å². The monoisotopic (exact) mass is 411 g/mol. The van der Waals surface area contributed by atoms with Crippen molar-refractivity contribution >= 4 is 27.7 Å². The zero-order valence-electron chi connectivity index (χ0n) is 15.4. The van der Waals surface area contributed by atoms with Crippen LogP contribution in [0.5, 0.6) is 0 Å². The lowest BCUT2D eigenvalue weighted by Gasteiger charge is -2.09. The van der Waals surface area contributed by atoms with Gasteiger partial charge in [0.2, 0.25) is 15.9 Å². The number of thioether (sulfide) groups is 1. The molecule has 148 valence electrons. The molecule has 0 aliphatic rings. The minimum absolute atomic E-state index is 0.0385. The average molecular weight is 412 g/mol. The van der Waals surface area contributed by atoms with Crippen molar-refractivity contribution in [3.05, 3.63) is 36.2 Å². The third-order valence-electron chi connectivity index (χ3n) is 3.61. The molecule has 0 saturated carbocycles. The van der Waals surface area contributed by atoms with E-state index in [-0.39, 0.29) is 16.7 Å². The number of hydrogen-bond donors (Lipinski definition) is 3. The Bertz CT molecular complexity index is 806. The van der Waals surface area contributed by atoms with Gasteiger partial charge in [0.05, 0.1) is 4.90 Å². The van der Waals surface area contributed by atoms with Crippen molar-refractivity contribution in [2.45, 2.75) is 36.7 Å². The number of aromatic amines is 1. The molecule has 0 saturated heterocycles. The number of nitrogens with one attached hydrogen (secondary N) is 3. The van der Waals surface area contributed by atoms with E-state index in [2.05, 4.69) is 25.2 Å². The SMILES string of the molecule is CC(C)CNS(=O)(=O)c1ccc(CCC(=O)NCCSc2ncn[nH]2)cc1. The first-order valence-corrected chi connectivity index (χ1v) is 11.2. The topological polar surface area (TPSA) is 117 Å². The van der Waals surface area contributed by atoms with Crippen LogP contribution in [0.2, 0.25) is 0 Å². The molecule has 3 N–H and O–H groups in total. The van der Waals surface area contributed by atoms with Crippen molar-refractivity contribution in [3.8, 4) is 0 Å². The summed E-state index contributed by atoms with van der Waals surface area (Å²) in [5.41, 5.74) is 0.920. The number of sulfonamides is 1. The quantitative estimate of drug-likeness (QED) is 0.382. The van der Waals surface area contributed by atoms with Crippen LogP contribution in [0.25, 0.3) is 0 Å². The van der Waals surface area contributed by atoms with E-state index < -0.39 is 10.0 Å². The maximum Gasteiger partial charge on any atom is 0.240 e. The number of carbonyl (C=O) groups is 1. The fourth-order valence-corrected chi connectivity index (χ4v) is 3.99. The molecule has 1 amide bonds. The van der Waals surface area contributed by atoms with Gasteiger partial charge in [-0.25, -0.2) is 18.1 Å². The van der Waals surface area contributed by atoms with Crippen molar-refractivity contribution < 1.29 is 13.2 Å². The summed E-state index contributed by atoms with van der Waals surface area (Å²) >= 11 is 1.49. The van der Waals surface area contributed by atoms with E-state index in [0.717, 1.165) is 10.7 Å². The van der Waals surface area contributed by atoms with Gasteiger partial charge in [0.15, 0.2) is 5.16 Å². The van der Waals surface area contributed by atoms with Gasteiger partial charge in [-0.2, -0.15) is 5.10 Å². The predicted molar refractivity (Wildman–Crippen MR) is 105 cm³/mol. The maximum absolute atomic E-state index is 12.2. The number of hydrogen-bond acceptors (Lipinski definition) is 6. The first-order valence-electron chi connectivity index (χ1n) is 8.70. The van der Waals surface area contributed by atoms with Crippen molar-refractivity contribution in [2.75, 3.05) is 18.8 Å². The molecule has 0 aliphatic heterocycles. The molecule has 0 aliphatic carbocycles. The number of amides is 1. The standard InChI is InChI=1S/C17H25N5O3S2/c1-13(2)11-21-27(24,25)15-6-3-14(4-7-15)5-8-16(23)18-9-10-26-17-19-12-20-22-17/h3-4,6-7,12-13,21H,5,8-11H2,1-2H3,(H,18,23)(H,19,20,22). The summed E-state index contributed by atoms with van der Waals surface area (Å²) in [5.74, 6) is 0.909. The molecule has 2 aromatic rings. The molecule has 0 unspecified atom stereocenters. The Hall–Kier alpha value is -1.91. The number of carbonyl (C=O) groups excluding carboxylic acids is 1. The number of rotatable bonds is 11. The highest BCUT2D eigenvalue weighted by Crippen LogP contribution is 2.12. The van der Waals surface area contributed by atoms with Gasteiger partial charge in [-0.3, -0.25) is 9.89 Å². The highest BCUT2D eigenvalue weighted by Gasteiger charge is 2.14. The van der Waals surface area contributed by atoms with Gasteiger partial charge in [0, 0.05) is 25.3 Å². The summed E-state index contributed by atoms with van der Waals surface area (Å²) in [5, 5.41) is 10.1. The van der Waals surface area contributed by atoms with Crippen molar-refractivity contribution in [1.82, 2.24) is 25.2 Å². The molecule has 0 fully saturated rings. The van der Waals surface area contributed by atoms with Gasteiger partial charge in [-0.1, -0.05) is 37.7 Å². The molecule has 27 heavy (non-hydrogen) atoms. The van der Waals surface area contributed by atoms with Gasteiger partial charge in [0.25, 0.3) is 0 Å². The minimum Gasteiger partial charge on any atom is -0.355 e. The van der Waals surface area contributed by atoms with Gasteiger partial charge in [0.1, 0.15) is 6.33 Å². The minimum atomic E-state index is -3.48. The lowest BCUT2D eigenvalue weighted by atomic mass is 10.1. The molecule has 1 aromatic heterocycles. The van der Waals surface area contributed by atoms with Gasteiger partial charge >= 0.3 is 0 Å². The summed E-state index contributed by atoms with van der Waals surface area (Å²) in [6.07, 6.45) is 2.35. The summed E-state index contributed by atoms with van der Waals surface area (Å²) in [4.78, 5) is 16.1. The summed E-state index contributed by atoms with van der Waals surface area (Å²) in [7, 11) is -3.48. The number of nitrogens with zero attached hydrogens (tertiary/aromatic N) is 2. The van der Waals surface area contributed by atoms with Crippen LogP contribution in [-0.4, -0.2) is 48.3 Å². The van der Waals surface area contributed by atoms with Gasteiger partial charge < -0.3 is 5.32 Å². The number of aromatic nitrogens is 3. The Labute approximate surface area is 164 Å². The van der Waals surface area contributed by atoms with E-state index in [4.69, 9.17) is 0 Å². The number of aryl methyl sites for hydroxylation is 1. The molecule has 1 heterocycles. The zero-order valence-corrected chi connectivity index (χ0v) is 17.1. The Morgan fingerprint density at radius 2 is 2.00 bits per heavy atom. The molecule has 0 atom stereocenters. The Kier molecular flexibility index (Phi) is 8.26. The van der Waals surface area contributed by atoms with Crippen LogP contribution in [-0.2, 0) is 21.2 Å². The van der Waals surface area contributed by atoms with Crippen molar-refractivity contribution in [2.24, 2.45) is 5.92 Å².